The highest BCUT2D eigenvalue weighted by Gasteiger charge is 2.35. The lowest BCUT2D eigenvalue weighted by Crippen LogP contribution is -2.53. The number of pyridine rings is 1. The molecule has 1 aromatic carbocycles. The Morgan fingerprint density at radius 3 is 2.57 bits per heavy atom. The van der Waals surface area contributed by atoms with Gasteiger partial charge in [-0.25, -0.2) is 0 Å². The molecule has 0 radical (unpaired) electrons. The first kappa shape index (κ1) is 14.2. The highest BCUT2D eigenvalue weighted by atomic mass is 16.5. The predicted octanol–water partition coefficient (Wildman–Crippen LogP) is 3.43. The molecule has 0 aliphatic carbocycles. The zero-order chi connectivity index (χ0) is 14.7. The third-order valence-electron chi connectivity index (χ3n) is 4.17. The third kappa shape index (κ3) is 3.31. The van der Waals surface area contributed by atoms with Crippen molar-refractivity contribution in [3.63, 3.8) is 0 Å². The molecule has 0 saturated carbocycles. The lowest BCUT2D eigenvalue weighted by Gasteiger charge is -2.45. The second-order valence-corrected chi connectivity index (χ2v) is 6.26. The number of nitrogens with zero attached hydrogens (tertiary/aromatic N) is 2. The molecule has 1 aromatic heterocycles. The summed E-state index contributed by atoms with van der Waals surface area (Å²) in [6, 6.07) is 14.7. The van der Waals surface area contributed by atoms with Gasteiger partial charge in [0.15, 0.2) is 0 Å². The maximum Gasteiger partial charge on any atom is 0.0953 e. The Morgan fingerprint density at radius 1 is 1.14 bits per heavy atom. The lowest BCUT2D eigenvalue weighted by molar-refractivity contribution is -0.104. The second kappa shape index (κ2) is 5.96. The van der Waals surface area contributed by atoms with Gasteiger partial charge in [0.1, 0.15) is 0 Å². The van der Waals surface area contributed by atoms with E-state index < -0.39 is 0 Å². The molecule has 3 rings (SSSR count). The van der Waals surface area contributed by atoms with Gasteiger partial charge in [-0.2, -0.15) is 0 Å². The van der Waals surface area contributed by atoms with Crippen molar-refractivity contribution in [2.75, 3.05) is 13.2 Å². The molecule has 1 fully saturated rings. The molecule has 1 unspecified atom stereocenters. The Hall–Kier alpha value is -1.71. The smallest absolute Gasteiger partial charge is 0.0953 e. The highest BCUT2D eigenvalue weighted by Crippen LogP contribution is 2.31. The maximum atomic E-state index is 6.09. The minimum absolute atomic E-state index is 0.0501. The van der Waals surface area contributed by atoms with Crippen molar-refractivity contribution >= 4 is 0 Å². The van der Waals surface area contributed by atoms with Gasteiger partial charge in [-0.1, -0.05) is 30.3 Å². The fourth-order valence-electron chi connectivity index (χ4n) is 2.75. The fraction of sp³-hybridized carbons (Fsp3) is 0.389. The molecule has 1 aliphatic rings. The molecule has 0 spiro atoms. The first-order valence-electron chi connectivity index (χ1n) is 7.46. The number of ether oxygens (including phenoxy) is 1. The summed E-state index contributed by atoms with van der Waals surface area (Å²) in [5.74, 6) is 0. The van der Waals surface area contributed by atoms with Gasteiger partial charge in [0.05, 0.1) is 12.7 Å². The van der Waals surface area contributed by atoms with Crippen molar-refractivity contribution in [1.82, 2.24) is 9.88 Å². The fourth-order valence-corrected chi connectivity index (χ4v) is 2.75. The Morgan fingerprint density at radius 2 is 1.86 bits per heavy atom. The number of aromatic nitrogens is 1. The van der Waals surface area contributed by atoms with E-state index in [-0.39, 0.29) is 11.6 Å². The first-order chi connectivity index (χ1) is 10.1. The molecule has 1 saturated heterocycles. The number of hydrogen-bond donors (Lipinski definition) is 0. The summed E-state index contributed by atoms with van der Waals surface area (Å²) in [5.41, 5.74) is 2.61. The van der Waals surface area contributed by atoms with E-state index in [0.29, 0.717) is 0 Å². The van der Waals surface area contributed by atoms with Crippen LogP contribution in [0.25, 0.3) is 0 Å². The summed E-state index contributed by atoms with van der Waals surface area (Å²) in [4.78, 5) is 6.60. The standard InChI is InChI=1S/C18H22N2O/c1-18(2)14-21-17(16-6-4-3-5-7-16)13-20(18)12-15-8-10-19-11-9-15/h3-11,17H,12-14H2,1-2H3. The SMILES string of the molecule is CC1(C)COC(c2ccccc2)CN1Cc1ccncc1. The van der Waals surface area contributed by atoms with Crippen LogP contribution in [0, 0.1) is 0 Å². The molecule has 1 aliphatic heterocycles. The zero-order valence-corrected chi connectivity index (χ0v) is 12.7. The van der Waals surface area contributed by atoms with Gasteiger partial charge in [0.2, 0.25) is 0 Å². The van der Waals surface area contributed by atoms with Gasteiger partial charge in [0.25, 0.3) is 0 Å². The van der Waals surface area contributed by atoms with Crippen molar-refractivity contribution in [2.45, 2.75) is 32.0 Å². The van der Waals surface area contributed by atoms with Crippen molar-refractivity contribution in [1.29, 1.82) is 0 Å². The van der Waals surface area contributed by atoms with Crippen molar-refractivity contribution in [2.24, 2.45) is 0 Å². The van der Waals surface area contributed by atoms with Crippen LogP contribution in [-0.2, 0) is 11.3 Å². The molecule has 2 heterocycles. The summed E-state index contributed by atoms with van der Waals surface area (Å²) in [6.07, 6.45) is 3.87. The topological polar surface area (TPSA) is 25.4 Å². The van der Waals surface area contributed by atoms with Crippen LogP contribution >= 0.6 is 0 Å². The van der Waals surface area contributed by atoms with Crippen LogP contribution in [0.4, 0.5) is 0 Å². The molecular formula is C18H22N2O. The normalized spacial score (nSPS) is 22.1. The van der Waals surface area contributed by atoms with E-state index in [1.165, 1.54) is 11.1 Å². The van der Waals surface area contributed by atoms with E-state index in [1.54, 1.807) is 0 Å². The van der Waals surface area contributed by atoms with Crippen molar-refractivity contribution < 1.29 is 4.74 Å². The summed E-state index contributed by atoms with van der Waals surface area (Å²) >= 11 is 0. The van der Waals surface area contributed by atoms with E-state index in [9.17, 15) is 0 Å². The van der Waals surface area contributed by atoms with E-state index >= 15 is 0 Å². The summed E-state index contributed by atoms with van der Waals surface area (Å²) in [6.45, 7) is 7.09. The largest absolute Gasteiger partial charge is 0.370 e. The van der Waals surface area contributed by atoms with Gasteiger partial charge in [-0.15, -0.1) is 0 Å². The first-order valence-corrected chi connectivity index (χ1v) is 7.46. The molecule has 3 nitrogen and oxygen atoms in total. The average molecular weight is 282 g/mol. The second-order valence-electron chi connectivity index (χ2n) is 6.26. The maximum absolute atomic E-state index is 6.09. The molecule has 21 heavy (non-hydrogen) atoms. The van der Waals surface area contributed by atoms with E-state index in [4.69, 9.17) is 4.74 Å². The van der Waals surface area contributed by atoms with Crippen LogP contribution < -0.4 is 0 Å². The molecule has 0 amide bonds. The average Bonchev–Trinajstić information content (AvgIpc) is 2.51. The minimum atomic E-state index is 0.0501. The Labute approximate surface area is 126 Å². The van der Waals surface area contributed by atoms with Crippen LogP contribution in [0.15, 0.2) is 54.9 Å². The molecule has 0 bridgehead atoms. The van der Waals surface area contributed by atoms with Gasteiger partial charge < -0.3 is 4.74 Å². The number of benzene rings is 1. The molecular weight excluding hydrogens is 260 g/mol. The molecule has 0 N–H and O–H groups in total. The monoisotopic (exact) mass is 282 g/mol. The Kier molecular flexibility index (Phi) is 4.04. The Balaban J connectivity index is 1.77. The highest BCUT2D eigenvalue weighted by molar-refractivity contribution is 5.19. The predicted molar refractivity (Wildman–Crippen MR) is 83.9 cm³/mol. The van der Waals surface area contributed by atoms with E-state index in [0.717, 1.165) is 19.7 Å². The van der Waals surface area contributed by atoms with Crippen LogP contribution in [0.5, 0.6) is 0 Å². The van der Waals surface area contributed by atoms with Crippen LogP contribution in [0.2, 0.25) is 0 Å². The summed E-state index contributed by atoms with van der Waals surface area (Å²) in [7, 11) is 0. The Bertz CT molecular complexity index is 568. The van der Waals surface area contributed by atoms with Gasteiger partial charge in [0, 0.05) is 31.0 Å². The lowest BCUT2D eigenvalue weighted by atomic mass is 9.97. The number of rotatable bonds is 3. The van der Waals surface area contributed by atoms with Crippen LogP contribution in [-0.4, -0.2) is 28.6 Å². The summed E-state index contributed by atoms with van der Waals surface area (Å²) < 4.78 is 6.09. The molecule has 2 aromatic rings. The molecule has 1 atom stereocenters. The van der Waals surface area contributed by atoms with Gasteiger partial charge >= 0.3 is 0 Å². The van der Waals surface area contributed by atoms with Crippen LogP contribution in [0.3, 0.4) is 0 Å². The summed E-state index contributed by atoms with van der Waals surface area (Å²) in [5, 5.41) is 0. The minimum Gasteiger partial charge on any atom is -0.370 e. The molecule has 3 heteroatoms. The van der Waals surface area contributed by atoms with E-state index in [1.807, 2.05) is 18.5 Å². The van der Waals surface area contributed by atoms with Crippen LogP contribution in [0.1, 0.15) is 31.1 Å². The van der Waals surface area contributed by atoms with E-state index in [2.05, 4.69) is 60.1 Å². The zero-order valence-electron chi connectivity index (χ0n) is 12.7. The van der Waals surface area contributed by atoms with Gasteiger partial charge in [-0.3, -0.25) is 9.88 Å². The number of hydrogen-bond acceptors (Lipinski definition) is 3. The van der Waals surface area contributed by atoms with Crippen molar-refractivity contribution in [3.8, 4) is 0 Å². The molecule has 110 valence electrons. The third-order valence-corrected chi connectivity index (χ3v) is 4.17. The number of morpholine rings is 1. The quantitative estimate of drug-likeness (QED) is 0.862. The van der Waals surface area contributed by atoms with Gasteiger partial charge in [-0.05, 0) is 37.1 Å². The van der Waals surface area contributed by atoms with Crippen molar-refractivity contribution in [3.05, 3.63) is 66.0 Å².